The number of benzene rings is 1. The molecule has 1 aliphatic rings. The smallest absolute Gasteiger partial charge is 0.416 e. The van der Waals surface area contributed by atoms with Gasteiger partial charge in [0.05, 0.1) is 5.56 Å². The lowest BCUT2D eigenvalue weighted by Crippen LogP contribution is -2.41. The number of aliphatic carboxylic acids is 1. The number of alkyl halides is 6. The maximum atomic E-state index is 13.2. The van der Waals surface area contributed by atoms with Crippen LogP contribution in [0.3, 0.4) is 0 Å². The topological polar surface area (TPSA) is 130 Å². The Bertz CT molecular complexity index is 1130. The minimum Gasteiger partial charge on any atom is -0.507 e. The molecule has 2 rings (SSSR count). The van der Waals surface area contributed by atoms with Gasteiger partial charge in [-0.2, -0.15) is 26.3 Å². The number of esters is 1. The highest BCUT2D eigenvalue weighted by Gasteiger charge is 2.40. The molecule has 0 bridgehead atoms. The van der Waals surface area contributed by atoms with Crippen molar-refractivity contribution < 1.29 is 60.5 Å². The Kier molecular flexibility index (Phi) is 8.83. The molecule has 0 fully saturated rings. The molecule has 0 spiro atoms. The van der Waals surface area contributed by atoms with Crippen LogP contribution in [0.5, 0.6) is 5.75 Å². The molecule has 0 aliphatic heterocycles. The van der Waals surface area contributed by atoms with Gasteiger partial charge in [0.25, 0.3) is 0 Å². The number of thioether (sulfide) groups is 1. The largest absolute Gasteiger partial charge is 0.507 e. The summed E-state index contributed by atoms with van der Waals surface area (Å²) in [4.78, 5) is 47.4. The van der Waals surface area contributed by atoms with Crippen LogP contribution < -0.4 is 5.32 Å². The van der Waals surface area contributed by atoms with Gasteiger partial charge in [0.2, 0.25) is 11.0 Å². The fraction of sp³-hybridized carbons (Fsp3) is 0.333. The second kappa shape index (κ2) is 11.1. The number of carboxylic acid groups (broad SMARTS) is 1. The number of allylic oxidation sites excluding steroid dienone is 2. The van der Waals surface area contributed by atoms with E-state index in [0.29, 0.717) is 30.0 Å². The zero-order valence-corrected chi connectivity index (χ0v) is 18.9. The molecule has 0 radical (unpaired) electrons. The van der Waals surface area contributed by atoms with E-state index in [1.54, 1.807) is 0 Å². The van der Waals surface area contributed by atoms with Crippen molar-refractivity contribution in [3.05, 3.63) is 52.6 Å². The molecule has 1 amide bonds. The van der Waals surface area contributed by atoms with E-state index in [4.69, 9.17) is 9.84 Å². The minimum atomic E-state index is -4.86. The van der Waals surface area contributed by atoms with E-state index < -0.39 is 87.7 Å². The van der Waals surface area contributed by atoms with Gasteiger partial charge in [-0.3, -0.25) is 9.59 Å². The van der Waals surface area contributed by atoms with Crippen LogP contribution in [0.25, 0.3) is 0 Å². The number of carbonyl (C=O) groups excluding carboxylic acids is 3. The molecule has 1 aromatic carbocycles. The van der Waals surface area contributed by atoms with Crippen LogP contribution in [0.1, 0.15) is 29.3 Å². The Morgan fingerprint density at radius 1 is 1.11 bits per heavy atom. The third-order valence-corrected chi connectivity index (χ3v) is 5.66. The highest BCUT2D eigenvalue weighted by molar-refractivity contribution is 8.14. The molecule has 8 nitrogen and oxygen atoms in total. The average molecular weight is 541 g/mol. The normalized spacial score (nSPS) is 16.9. The van der Waals surface area contributed by atoms with Crippen molar-refractivity contribution >= 4 is 34.7 Å². The predicted molar refractivity (Wildman–Crippen MR) is 112 cm³/mol. The number of amides is 1. The molecule has 0 aromatic heterocycles. The number of ether oxygens (including phenoxy) is 1. The van der Waals surface area contributed by atoms with Gasteiger partial charge >= 0.3 is 24.3 Å². The third kappa shape index (κ3) is 7.50. The SMILES string of the molecule is CC(=O)NC(CSC(=O)C1=CC=C(C(F)(F)F)CC1OC(=O)c1ccc(C(F)(F)F)cc1O)C(=O)O. The number of halogens is 6. The van der Waals surface area contributed by atoms with E-state index in [1.807, 2.05) is 0 Å². The Morgan fingerprint density at radius 2 is 1.75 bits per heavy atom. The molecule has 36 heavy (non-hydrogen) atoms. The summed E-state index contributed by atoms with van der Waals surface area (Å²) >= 11 is 0.326. The number of hydrogen-bond acceptors (Lipinski definition) is 7. The number of carbonyl (C=O) groups is 4. The summed E-state index contributed by atoms with van der Waals surface area (Å²) in [5.74, 6) is -5.36. The number of aromatic hydroxyl groups is 1. The standard InChI is InChI=1S/C21H17F6NO7S/c1-9(29)28-14(17(31)32)8-36-19(34)13-5-3-11(21(25,26)27)7-16(13)35-18(33)12-4-2-10(6-15(12)30)20(22,23)24/h2-6,14,16,30H,7-8H2,1H3,(H,28,29)(H,31,32). The van der Waals surface area contributed by atoms with E-state index >= 15 is 0 Å². The van der Waals surface area contributed by atoms with Crippen molar-refractivity contribution in [1.29, 1.82) is 0 Å². The molecule has 2 atom stereocenters. The second-order valence-corrected chi connectivity index (χ2v) is 8.32. The maximum Gasteiger partial charge on any atom is 0.416 e. The van der Waals surface area contributed by atoms with Crippen LogP contribution >= 0.6 is 11.8 Å². The Balaban J connectivity index is 2.28. The van der Waals surface area contributed by atoms with Crippen LogP contribution in [-0.2, 0) is 25.3 Å². The summed E-state index contributed by atoms with van der Waals surface area (Å²) < 4.78 is 82.9. The lowest BCUT2D eigenvalue weighted by atomic mass is 9.95. The molecule has 0 saturated heterocycles. The van der Waals surface area contributed by atoms with Crippen LogP contribution in [0.2, 0.25) is 0 Å². The molecule has 15 heteroatoms. The number of phenols is 1. The number of phenolic OH excluding ortho intramolecular Hbond substituents is 1. The van der Waals surface area contributed by atoms with Gasteiger partial charge in [-0.15, -0.1) is 0 Å². The van der Waals surface area contributed by atoms with Crippen molar-refractivity contribution in [2.75, 3.05) is 5.75 Å². The summed E-state index contributed by atoms with van der Waals surface area (Å²) in [6.07, 6.45) is -11.3. The van der Waals surface area contributed by atoms with E-state index in [-0.39, 0.29) is 6.07 Å². The molecule has 0 saturated carbocycles. The minimum absolute atomic E-state index is 0.227. The van der Waals surface area contributed by atoms with Crippen LogP contribution in [0.4, 0.5) is 26.3 Å². The number of carboxylic acids is 1. The first-order chi connectivity index (χ1) is 16.5. The number of nitrogens with one attached hydrogen (secondary N) is 1. The van der Waals surface area contributed by atoms with Gasteiger partial charge in [-0.05, 0) is 18.2 Å². The van der Waals surface area contributed by atoms with Gasteiger partial charge in [0, 0.05) is 30.2 Å². The zero-order chi connectivity index (χ0) is 27.4. The fourth-order valence-corrected chi connectivity index (χ4v) is 3.84. The van der Waals surface area contributed by atoms with Crippen LogP contribution in [0.15, 0.2) is 41.5 Å². The van der Waals surface area contributed by atoms with E-state index in [9.17, 15) is 50.6 Å². The van der Waals surface area contributed by atoms with E-state index in [2.05, 4.69) is 5.32 Å². The highest BCUT2D eigenvalue weighted by Crippen LogP contribution is 2.37. The lowest BCUT2D eigenvalue weighted by Gasteiger charge is -2.25. The predicted octanol–water partition coefficient (Wildman–Crippen LogP) is 3.60. The Labute approximate surface area is 203 Å². The van der Waals surface area contributed by atoms with Crippen molar-refractivity contribution in [1.82, 2.24) is 5.32 Å². The highest BCUT2D eigenvalue weighted by atomic mass is 32.2. The van der Waals surface area contributed by atoms with Gasteiger partial charge < -0.3 is 20.3 Å². The van der Waals surface area contributed by atoms with Gasteiger partial charge in [0.1, 0.15) is 23.5 Å². The van der Waals surface area contributed by atoms with Crippen LogP contribution in [0, 0.1) is 0 Å². The third-order valence-electron chi connectivity index (χ3n) is 4.67. The first-order valence-corrected chi connectivity index (χ1v) is 10.8. The van der Waals surface area contributed by atoms with Crippen molar-refractivity contribution in [2.24, 2.45) is 0 Å². The Hall–Kier alpha value is -3.49. The Morgan fingerprint density at radius 3 is 2.25 bits per heavy atom. The monoisotopic (exact) mass is 541 g/mol. The quantitative estimate of drug-likeness (QED) is 0.353. The van der Waals surface area contributed by atoms with Crippen molar-refractivity contribution in [2.45, 2.75) is 37.8 Å². The van der Waals surface area contributed by atoms with Gasteiger partial charge in [-0.1, -0.05) is 23.9 Å². The van der Waals surface area contributed by atoms with Crippen molar-refractivity contribution in [3.8, 4) is 5.75 Å². The number of rotatable bonds is 7. The molecular formula is C21H17F6NO7S. The van der Waals surface area contributed by atoms with Gasteiger partial charge in [-0.25, -0.2) is 9.59 Å². The van der Waals surface area contributed by atoms with Crippen molar-refractivity contribution in [3.63, 3.8) is 0 Å². The first-order valence-electron chi connectivity index (χ1n) is 9.77. The molecule has 2 unspecified atom stereocenters. The lowest BCUT2D eigenvalue weighted by molar-refractivity contribution is -0.140. The summed E-state index contributed by atoms with van der Waals surface area (Å²) in [7, 11) is 0. The first kappa shape index (κ1) is 28.7. The molecule has 196 valence electrons. The van der Waals surface area contributed by atoms with Gasteiger partial charge in [0.15, 0.2) is 0 Å². The zero-order valence-electron chi connectivity index (χ0n) is 18.1. The molecular weight excluding hydrogens is 524 g/mol. The summed E-state index contributed by atoms with van der Waals surface area (Å²) in [6.45, 7) is 1.03. The maximum absolute atomic E-state index is 13.2. The summed E-state index contributed by atoms with van der Waals surface area (Å²) in [5.41, 5.74) is -3.74. The fourth-order valence-electron chi connectivity index (χ4n) is 2.93. The summed E-state index contributed by atoms with van der Waals surface area (Å²) in [6, 6.07) is -0.268. The van der Waals surface area contributed by atoms with Crippen LogP contribution in [-0.4, -0.2) is 57.2 Å². The molecule has 3 N–H and O–H groups in total. The molecule has 0 heterocycles. The number of hydrogen-bond donors (Lipinski definition) is 3. The second-order valence-electron chi connectivity index (χ2n) is 7.33. The molecule has 1 aromatic rings. The van der Waals surface area contributed by atoms with E-state index in [0.717, 1.165) is 13.0 Å². The summed E-state index contributed by atoms with van der Waals surface area (Å²) in [5, 5.41) is 20.0. The average Bonchev–Trinajstić information content (AvgIpc) is 2.74. The molecule has 1 aliphatic carbocycles. The van der Waals surface area contributed by atoms with E-state index in [1.165, 1.54) is 0 Å².